The number of benzene rings is 1. The summed E-state index contributed by atoms with van der Waals surface area (Å²) in [4.78, 5) is 13.7. The van der Waals surface area contributed by atoms with Crippen LogP contribution in [-0.4, -0.2) is 35.7 Å². The fourth-order valence-corrected chi connectivity index (χ4v) is 3.68. The number of amides is 1. The molecular weight excluding hydrogens is 432 g/mol. The predicted molar refractivity (Wildman–Crippen MR) is 108 cm³/mol. The minimum Gasteiger partial charge on any atom is -0.369 e. The Balaban J connectivity index is 0.00000198. The molecule has 1 aromatic carbocycles. The first-order valence-electron chi connectivity index (χ1n) is 9.72. The van der Waals surface area contributed by atoms with Crippen LogP contribution in [0.25, 0.3) is 0 Å². The maximum atomic E-state index is 13.0. The number of alkyl halides is 6. The van der Waals surface area contributed by atoms with Gasteiger partial charge in [0.2, 0.25) is 5.91 Å². The summed E-state index contributed by atoms with van der Waals surface area (Å²) in [5, 5.41) is 9.51. The van der Waals surface area contributed by atoms with E-state index >= 15 is 0 Å². The highest BCUT2D eigenvalue weighted by Crippen LogP contribution is 2.51. The van der Waals surface area contributed by atoms with E-state index in [1.807, 2.05) is 41.5 Å². The quantitative estimate of drug-likeness (QED) is 0.520. The van der Waals surface area contributed by atoms with Crippen LogP contribution in [0.2, 0.25) is 0 Å². The first-order chi connectivity index (χ1) is 13.8. The van der Waals surface area contributed by atoms with Gasteiger partial charge in [-0.25, -0.2) is 0 Å². The van der Waals surface area contributed by atoms with Crippen molar-refractivity contribution >= 4 is 23.4 Å². The van der Waals surface area contributed by atoms with Gasteiger partial charge in [-0.1, -0.05) is 47.6 Å². The summed E-state index contributed by atoms with van der Waals surface area (Å²) in [6, 6.07) is 2.26. The minimum absolute atomic E-state index is 0.0559. The standard InChI is InChI=1S/C16H17F6NO2S.2C2H6/c1-9(2)7-13(24)23-5-6-26-12-8-10(3-4-11(12)23)14(25,15(17,18)19)16(20,21)22;2*1-2/h3-4,8-9,25H,5-7H2,1-2H3;2*1-2H3. The highest BCUT2D eigenvalue weighted by atomic mass is 32.2. The average molecular weight is 462 g/mol. The molecule has 0 fully saturated rings. The van der Waals surface area contributed by atoms with Crippen LogP contribution in [0.1, 0.15) is 53.5 Å². The molecule has 30 heavy (non-hydrogen) atoms. The van der Waals surface area contributed by atoms with Crippen LogP contribution in [0.15, 0.2) is 23.1 Å². The largest absolute Gasteiger partial charge is 0.430 e. The molecule has 0 aromatic heterocycles. The Morgan fingerprint density at radius 2 is 1.57 bits per heavy atom. The van der Waals surface area contributed by atoms with E-state index in [2.05, 4.69) is 0 Å². The molecule has 1 amide bonds. The second kappa shape index (κ2) is 11.3. The molecular formula is C20H29F6NO2S. The SMILES string of the molecule is CC.CC.CC(C)CC(=O)N1CCSc2cc(C(O)(C(F)(F)F)C(F)(F)F)ccc21. The number of thioether (sulfide) groups is 1. The molecule has 10 heteroatoms. The highest BCUT2D eigenvalue weighted by Gasteiger charge is 2.71. The molecule has 0 atom stereocenters. The second-order valence-corrected chi connectivity index (χ2v) is 7.52. The van der Waals surface area contributed by atoms with Crippen molar-refractivity contribution in [3.63, 3.8) is 0 Å². The van der Waals surface area contributed by atoms with Crippen molar-refractivity contribution in [3.05, 3.63) is 23.8 Å². The molecule has 174 valence electrons. The number of rotatable bonds is 3. The van der Waals surface area contributed by atoms with Gasteiger partial charge in [-0.05, 0) is 18.1 Å². The van der Waals surface area contributed by atoms with Gasteiger partial charge in [0.25, 0.3) is 5.60 Å². The molecule has 1 heterocycles. The molecule has 3 nitrogen and oxygen atoms in total. The van der Waals surface area contributed by atoms with Crippen molar-refractivity contribution in [2.24, 2.45) is 5.92 Å². The molecule has 0 unspecified atom stereocenters. The number of nitrogens with zero attached hydrogens (tertiary/aromatic N) is 1. The van der Waals surface area contributed by atoms with Crippen LogP contribution in [0.4, 0.5) is 32.0 Å². The Kier molecular flexibility index (Phi) is 10.7. The topological polar surface area (TPSA) is 40.5 Å². The lowest BCUT2D eigenvalue weighted by Crippen LogP contribution is -2.54. The van der Waals surface area contributed by atoms with E-state index in [0.717, 1.165) is 17.8 Å². The first-order valence-corrected chi connectivity index (χ1v) is 10.7. The van der Waals surface area contributed by atoms with Crippen molar-refractivity contribution in [2.45, 2.75) is 70.8 Å². The predicted octanol–water partition coefficient (Wildman–Crippen LogP) is 6.54. The van der Waals surface area contributed by atoms with Gasteiger partial charge in [-0.2, -0.15) is 26.3 Å². The zero-order valence-electron chi connectivity index (χ0n) is 17.9. The zero-order chi connectivity index (χ0) is 23.9. The Morgan fingerprint density at radius 1 is 1.07 bits per heavy atom. The fraction of sp³-hybridized carbons (Fsp3) is 0.650. The number of aliphatic hydroxyl groups is 1. The van der Waals surface area contributed by atoms with E-state index in [0.29, 0.717) is 24.4 Å². The van der Waals surface area contributed by atoms with Gasteiger partial charge < -0.3 is 10.0 Å². The van der Waals surface area contributed by atoms with Crippen molar-refractivity contribution in [3.8, 4) is 0 Å². The van der Waals surface area contributed by atoms with Crippen molar-refractivity contribution < 1.29 is 36.2 Å². The number of anilines is 1. The third-order valence-electron chi connectivity index (χ3n) is 3.95. The summed E-state index contributed by atoms with van der Waals surface area (Å²) < 4.78 is 78.2. The van der Waals surface area contributed by atoms with Gasteiger partial charge in [0.15, 0.2) is 0 Å². The summed E-state index contributed by atoms with van der Waals surface area (Å²) in [7, 11) is 0. The molecule has 0 saturated carbocycles. The van der Waals surface area contributed by atoms with Crippen LogP contribution in [-0.2, 0) is 10.4 Å². The Bertz CT molecular complexity index is 675. The lowest BCUT2D eigenvalue weighted by molar-refractivity contribution is -0.376. The van der Waals surface area contributed by atoms with E-state index in [9.17, 15) is 36.2 Å². The van der Waals surface area contributed by atoms with E-state index in [4.69, 9.17) is 0 Å². The summed E-state index contributed by atoms with van der Waals surface area (Å²) in [5.41, 5.74) is -6.04. The van der Waals surface area contributed by atoms with Crippen LogP contribution < -0.4 is 4.90 Å². The van der Waals surface area contributed by atoms with Crippen molar-refractivity contribution in [1.82, 2.24) is 0 Å². The van der Waals surface area contributed by atoms with Gasteiger partial charge in [0.05, 0.1) is 5.69 Å². The lowest BCUT2D eigenvalue weighted by Gasteiger charge is -2.35. The minimum atomic E-state index is -5.94. The van der Waals surface area contributed by atoms with Crippen LogP contribution >= 0.6 is 11.8 Å². The maximum Gasteiger partial charge on any atom is 0.430 e. The number of fused-ring (bicyclic) bond motifs is 1. The van der Waals surface area contributed by atoms with Crippen molar-refractivity contribution in [1.29, 1.82) is 0 Å². The molecule has 1 N–H and O–H groups in total. The summed E-state index contributed by atoms with van der Waals surface area (Å²) >= 11 is 1.04. The molecule has 0 aliphatic carbocycles. The molecule has 0 radical (unpaired) electrons. The summed E-state index contributed by atoms with van der Waals surface area (Å²) in [5.74, 6) is 0.132. The van der Waals surface area contributed by atoms with E-state index in [1.54, 1.807) is 0 Å². The Morgan fingerprint density at radius 3 is 2.00 bits per heavy atom. The average Bonchev–Trinajstić information content (AvgIpc) is 2.67. The molecule has 1 aliphatic heterocycles. The summed E-state index contributed by atoms with van der Waals surface area (Å²) in [6.45, 7) is 12.0. The Labute approximate surface area is 177 Å². The van der Waals surface area contributed by atoms with Gasteiger partial charge >= 0.3 is 12.4 Å². The first kappa shape index (κ1) is 28.6. The maximum absolute atomic E-state index is 13.0. The highest BCUT2D eigenvalue weighted by molar-refractivity contribution is 7.99. The molecule has 0 saturated heterocycles. The van der Waals surface area contributed by atoms with Gasteiger partial charge in [-0.15, -0.1) is 11.8 Å². The number of hydrogen-bond donors (Lipinski definition) is 1. The summed E-state index contributed by atoms with van der Waals surface area (Å²) in [6.07, 6.45) is -11.7. The van der Waals surface area contributed by atoms with Crippen molar-refractivity contribution in [2.75, 3.05) is 17.2 Å². The fourth-order valence-electron chi connectivity index (χ4n) is 2.65. The third kappa shape index (κ3) is 6.06. The number of carbonyl (C=O) groups is 1. The van der Waals surface area contributed by atoms with Gasteiger partial charge in [0.1, 0.15) is 0 Å². The Hall–Kier alpha value is -1.42. The van der Waals surface area contributed by atoms with E-state index in [1.165, 1.54) is 4.90 Å². The van der Waals surface area contributed by atoms with Gasteiger partial charge in [-0.3, -0.25) is 4.79 Å². The molecule has 2 rings (SSSR count). The third-order valence-corrected chi connectivity index (χ3v) is 4.97. The van der Waals surface area contributed by atoms with E-state index < -0.39 is 23.5 Å². The van der Waals surface area contributed by atoms with Crippen LogP contribution in [0, 0.1) is 5.92 Å². The number of halogens is 6. The molecule has 0 bridgehead atoms. The van der Waals surface area contributed by atoms with Gasteiger partial charge in [0, 0.05) is 29.2 Å². The van der Waals surface area contributed by atoms with Crippen LogP contribution in [0.3, 0.4) is 0 Å². The lowest BCUT2D eigenvalue weighted by atomic mass is 9.92. The number of hydrogen-bond acceptors (Lipinski definition) is 3. The van der Waals surface area contributed by atoms with Crippen LogP contribution in [0.5, 0.6) is 0 Å². The molecule has 0 spiro atoms. The zero-order valence-corrected chi connectivity index (χ0v) is 18.7. The second-order valence-electron chi connectivity index (χ2n) is 6.38. The normalized spacial score (nSPS) is 14.3. The number of carbonyl (C=O) groups excluding carboxylic acids is 1. The molecule has 1 aliphatic rings. The monoisotopic (exact) mass is 461 g/mol. The smallest absolute Gasteiger partial charge is 0.369 e. The van der Waals surface area contributed by atoms with E-state index in [-0.39, 0.29) is 28.8 Å². The molecule has 1 aromatic rings.